The molecule has 4 rings (SSSR count). The van der Waals surface area contributed by atoms with E-state index in [9.17, 15) is 14.0 Å². The average Bonchev–Trinajstić information content (AvgIpc) is 2.93. The van der Waals surface area contributed by atoms with E-state index in [2.05, 4.69) is 20.3 Å². The molecule has 190 valence electrons. The second kappa shape index (κ2) is 12.9. The number of rotatable bonds is 11. The number of amides is 1. The van der Waals surface area contributed by atoms with Crippen molar-refractivity contribution in [3.63, 3.8) is 0 Å². The van der Waals surface area contributed by atoms with Gasteiger partial charge in [0, 0.05) is 62.2 Å². The fourth-order valence-corrected chi connectivity index (χ4v) is 4.51. The van der Waals surface area contributed by atoms with E-state index in [4.69, 9.17) is 4.74 Å². The number of hydrogen-bond donors (Lipinski definition) is 1. The van der Waals surface area contributed by atoms with Crippen LogP contribution in [0.15, 0.2) is 83.4 Å². The first-order valence-electron chi connectivity index (χ1n) is 11.6. The molecule has 0 bridgehead atoms. The maximum absolute atomic E-state index is 13.6. The highest BCUT2D eigenvalue weighted by molar-refractivity contribution is 7.98. The Labute approximate surface area is 218 Å². The second-order valence-electron chi connectivity index (χ2n) is 8.19. The van der Waals surface area contributed by atoms with Crippen molar-refractivity contribution in [3.05, 3.63) is 112 Å². The lowest BCUT2D eigenvalue weighted by molar-refractivity contribution is 0.0948. The molecule has 2 aromatic carbocycles. The first kappa shape index (κ1) is 26.2. The largest absolute Gasteiger partial charge is 0.385 e. The Bertz CT molecular complexity index is 1380. The highest BCUT2D eigenvalue weighted by atomic mass is 32.2. The monoisotopic (exact) mass is 519 g/mol. The molecular weight excluding hydrogens is 493 g/mol. The molecule has 0 atom stereocenters. The van der Waals surface area contributed by atoms with Gasteiger partial charge in [-0.3, -0.25) is 14.2 Å². The van der Waals surface area contributed by atoms with Gasteiger partial charge in [-0.2, -0.15) is 0 Å². The van der Waals surface area contributed by atoms with Crippen LogP contribution in [0.3, 0.4) is 0 Å². The number of thioether (sulfide) groups is 1. The number of nitrogens with one attached hydrogen (secondary N) is 1. The van der Waals surface area contributed by atoms with E-state index < -0.39 is 0 Å². The van der Waals surface area contributed by atoms with Crippen molar-refractivity contribution >= 4 is 17.7 Å². The number of ether oxygens (including phenoxy) is 1. The molecule has 4 aromatic rings. The van der Waals surface area contributed by atoms with E-state index in [0.29, 0.717) is 47.3 Å². The molecule has 2 heterocycles. The quantitative estimate of drug-likeness (QED) is 0.183. The summed E-state index contributed by atoms with van der Waals surface area (Å²) < 4.78 is 19.8. The first-order chi connectivity index (χ1) is 18.0. The Morgan fingerprint density at radius 1 is 1.03 bits per heavy atom. The van der Waals surface area contributed by atoms with Crippen LogP contribution in [0.1, 0.15) is 33.5 Å². The number of halogens is 1. The topological polar surface area (TPSA) is 99.0 Å². The van der Waals surface area contributed by atoms with Gasteiger partial charge < -0.3 is 10.1 Å². The van der Waals surface area contributed by atoms with E-state index in [0.717, 1.165) is 17.5 Å². The van der Waals surface area contributed by atoms with Crippen molar-refractivity contribution in [3.8, 4) is 5.69 Å². The van der Waals surface area contributed by atoms with Crippen molar-refractivity contribution in [2.45, 2.75) is 23.8 Å². The van der Waals surface area contributed by atoms with Gasteiger partial charge in [0.05, 0.1) is 5.69 Å². The Balaban J connectivity index is 1.62. The van der Waals surface area contributed by atoms with Crippen LogP contribution in [0.5, 0.6) is 0 Å². The Morgan fingerprint density at radius 2 is 1.76 bits per heavy atom. The minimum atomic E-state index is -0.305. The van der Waals surface area contributed by atoms with E-state index in [-0.39, 0.29) is 17.3 Å². The SMILES string of the molecule is COCCCNC(=O)c1ccc(-n2c(SCc3ccc(F)cc3)ncc(Cc3cncnc3)c2=O)cc1. The van der Waals surface area contributed by atoms with E-state index in [1.165, 1.54) is 34.8 Å². The van der Waals surface area contributed by atoms with Gasteiger partial charge in [0.25, 0.3) is 11.5 Å². The van der Waals surface area contributed by atoms with Crippen LogP contribution in [0.2, 0.25) is 0 Å². The summed E-state index contributed by atoms with van der Waals surface area (Å²) in [5, 5.41) is 3.34. The van der Waals surface area contributed by atoms with Crippen molar-refractivity contribution in [1.82, 2.24) is 24.8 Å². The number of benzene rings is 2. The summed E-state index contributed by atoms with van der Waals surface area (Å²) in [5.41, 5.74) is 3.03. The lowest BCUT2D eigenvalue weighted by Gasteiger charge is -2.14. The maximum Gasteiger partial charge on any atom is 0.262 e. The zero-order valence-electron chi connectivity index (χ0n) is 20.3. The number of carbonyl (C=O) groups is 1. The fraction of sp³-hybridized carbons (Fsp3) is 0.222. The summed E-state index contributed by atoms with van der Waals surface area (Å²) in [6.45, 7) is 1.08. The smallest absolute Gasteiger partial charge is 0.262 e. The molecule has 1 N–H and O–H groups in total. The summed E-state index contributed by atoms with van der Waals surface area (Å²) in [6, 6.07) is 13.0. The van der Waals surface area contributed by atoms with Crippen molar-refractivity contribution in [2.24, 2.45) is 0 Å². The predicted octanol–water partition coefficient (Wildman–Crippen LogP) is 3.81. The molecule has 0 saturated heterocycles. The highest BCUT2D eigenvalue weighted by Crippen LogP contribution is 2.23. The van der Waals surface area contributed by atoms with E-state index in [1.54, 1.807) is 62.1 Å². The van der Waals surface area contributed by atoms with E-state index in [1.807, 2.05) is 0 Å². The molecule has 0 aliphatic carbocycles. The molecule has 0 spiro atoms. The minimum absolute atomic E-state index is 0.197. The number of nitrogens with zero attached hydrogens (tertiary/aromatic N) is 4. The molecular formula is C27H26FN5O3S. The number of carbonyl (C=O) groups excluding carboxylic acids is 1. The van der Waals surface area contributed by atoms with Gasteiger partial charge in [-0.25, -0.2) is 19.3 Å². The number of aromatic nitrogens is 4. The molecule has 0 unspecified atom stereocenters. The second-order valence-corrected chi connectivity index (χ2v) is 9.14. The fourth-order valence-electron chi connectivity index (χ4n) is 3.58. The van der Waals surface area contributed by atoms with Gasteiger partial charge in [0.1, 0.15) is 12.1 Å². The third-order valence-corrected chi connectivity index (χ3v) is 6.51. The molecule has 0 radical (unpaired) electrons. The zero-order valence-corrected chi connectivity index (χ0v) is 21.1. The van der Waals surface area contributed by atoms with Crippen molar-refractivity contribution in [2.75, 3.05) is 20.3 Å². The minimum Gasteiger partial charge on any atom is -0.385 e. The third-order valence-electron chi connectivity index (χ3n) is 5.49. The average molecular weight is 520 g/mol. The van der Waals surface area contributed by atoms with Crippen LogP contribution in [0.4, 0.5) is 4.39 Å². The van der Waals surface area contributed by atoms with Gasteiger partial charge >= 0.3 is 0 Å². The van der Waals surface area contributed by atoms with Gasteiger partial charge in [0.2, 0.25) is 0 Å². The normalized spacial score (nSPS) is 10.9. The van der Waals surface area contributed by atoms with Gasteiger partial charge in [-0.1, -0.05) is 23.9 Å². The lowest BCUT2D eigenvalue weighted by atomic mass is 10.1. The molecule has 0 fully saturated rings. The molecule has 1 amide bonds. The molecule has 0 saturated carbocycles. The van der Waals surface area contributed by atoms with Crippen LogP contribution in [0, 0.1) is 5.82 Å². The Hall–Kier alpha value is -3.89. The first-order valence-corrected chi connectivity index (χ1v) is 12.6. The van der Waals surface area contributed by atoms with Gasteiger partial charge in [0.15, 0.2) is 5.16 Å². The van der Waals surface area contributed by atoms with Crippen LogP contribution >= 0.6 is 11.8 Å². The molecule has 8 nitrogen and oxygen atoms in total. The van der Waals surface area contributed by atoms with Crippen LogP contribution in [-0.4, -0.2) is 45.7 Å². The van der Waals surface area contributed by atoms with E-state index >= 15 is 0 Å². The number of methoxy groups -OCH3 is 1. The lowest BCUT2D eigenvalue weighted by Crippen LogP contribution is -2.26. The maximum atomic E-state index is 13.6. The van der Waals surface area contributed by atoms with Gasteiger partial charge in [-0.15, -0.1) is 0 Å². The summed E-state index contributed by atoms with van der Waals surface area (Å²) in [4.78, 5) is 38.7. The Kier molecular flexibility index (Phi) is 9.12. The molecule has 0 aliphatic rings. The summed E-state index contributed by atoms with van der Waals surface area (Å²) in [5.74, 6) is -0.00157. The summed E-state index contributed by atoms with van der Waals surface area (Å²) in [7, 11) is 1.62. The zero-order chi connectivity index (χ0) is 26.0. The molecule has 10 heteroatoms. The van der Waals surface area contributed by atoms with Crippen molar-refractivity contribution < 1.29 is 13.9 Å². The predicted molar refractivity (Wildman–Crippen MR) is 139 cm³/mol. The van der Waals surface area contributed by atoms with Crippen LogP contribution < -0.4 is 10.9 Å². The molecule has 37 heavy (non-hydrogen) atoms. The van der Waals surface area contributed by atoms with Crippen LogP contribution in [0.25, 0.3) is 5.69 Å². The summed E-state index contributed by atoms with van der Waals surface area (Å²) >= 11 is 1.37. The Morgan fingerprint density at radius 3 is 2.46 bits per heavy atom. The highest BCUT2D eigenvalue weighted by Gasteiger charge is 2.15. The standard InChI is InChI=1S/C27H26FN5O3S/c1-36-12-2-11-31-25(34)21-5-9-24(10-6-21)33-26(35)22(13-20-14-29-18-30-15-20)16-32-27(33)37-17-19-3-7-23(28)8-4-19/h3-10,14-16,18H,2,11-13,17H2,1H3,(H,31,34). The molecule has 2 aromatic heterocycles. The summed E-state index contributed by atoms with van der Waals surface area (Å²) in [6.07, 6.45) is 7.38. The van der Waals surface area contributed by atoms with Crippen molar-refractivity contribution in [1.29, 1.82) is 0 Å². The van der Waals surface area contributed by atoms with Gasteiger partial charge in [-0.05, 0) is 53.9 Å². The molecule has 0 aliphatic heterocycles. The number of hydrogen-bond acceptors (Lipinski definition) is 7. The van der Waals surface area contributed by atoms with Crippen LogP contribution in [-0.2, 0) is 16.9 Å². The third kappa shape index (κ3) is 7.08.